The van der Waals surface area contributed by atoms with Crippen LogP contribution in [0.2, 0.25) is 0 Å². The van der Waals surface area contributed by atoms with Gasteiger partial charge in [-0.15, -0.1) is 0 Å². The molecule has 24 heavy (non-hydrogen) atoms. The number of alkyl halides is 2. The molecule has 130 valence electrons. The second kappa shape index (κ2) is 7.09. The van der Waals surface area contributed by atoms with Gasteiger partial charge in [-0.2, -0.15) is 8.78 Å². The first kappa shape index (κ1) is 18.1. The van der Waals surface area contributed by atoms with E-state index < -0.39 is 51.4 Å². The lowest BCUT2D eigenvalue weighted by Gasteiger charge is -2.11. The van der Waals surface area contributed by atoms with Gasteiger partial charge in [-0.1, -0.05) is 0 Å². The molecule has 0 aliphatic rings. The Hall–Kier alpha value is -2.27. The van der Waals surface area contributed by atoms with E-state index in [0.717, 1.165) is 12.1 Å². The molecule has 5 nitrogen and oxygen atoms in total. The zero-order chi connectivity index (χ0) is 17.9. The Morgan fingerprint density at radius 3 is 2.25 bits per heavy atom. The molecule has 1 N–H and O–H groups in total. The predicted molar refractivity (Wildman–Crippen MR) is 71.2 cm³/mol. The maximum atomic E-state index is 13.2. The van der Waals surface area contributed by atoms with Crippen molar-refractivity contribution in [2.75, 3.05) is 0 Å². The van der Waals surface area contributed by atoms with E-state index >= 15 is 0 Å². The third-order valence-corrected chi connectivity index (χ3v) is 4.06. The molecular weight excluding hydrogens is 359 g/mol. The van der Waals surface area contributed by atoms with Crippen LogP contribution in [0.15, 0.2) is 35.4 Å². The first-order chi connectivity index (χ1) is 11.2. The average molecular weight is 368 g/mol. The number of halogens is 5. The number of hydrogen-bond acceptors (Lipinski definition) is 4. The Kier molecular flexibility index (Phi) is 5.34. The predicted octanol–water partition coefficient (Wildman–Crippen LogP) is 2.58. The minimum Gasteiger partial charge on any atom is -0.415 e. The van der Waals surface area contributed by atoms with Crippen molar-refractivity contribution in [2.24, 2.45) is 0 Å². The second-order valence-electron chi connectivity index (χ2n) is 4.44. The van der Waals surface area contributed by atoms with E-state index in [0.29, 0.717) is 18.3 Å². The zero-order valence-corrected chi connectivity index (χ0v) is 12.5. The fourth-order valence-corrected chi connectivity index (χ4v) is 2.85. The average Bonchev–Trinajstić information content (AvgIpc) is 2.46. The molecule has 0 atom stereocenters. The van der Waals surface area contributed by atoms with Gasteiger partial charge in [0.15, 0.2) is 0 Å². The lowest BCUT2D eigenvalue weighted by Crippen LogP contribution is -2.25. The quantitative estimate of drug-likeness (QED) is 0.796. The Balaban J connectivity index is 2.28. The van der Waals surface area contributed by atoms with Crippen molar-refractivity contribution >= 4 is 10.0 Å². The molecule has 2 rings (SSSR count). The number of aromatic nitrogens is 1. The number of pyridine rings is 1. The lowest BCUT2D eigenvalue weighted by atomic mass is 10.2. The monoisotopic (exact) mass is 368 g/mol. The summed E-state index contributed by atoms with van der Waals surface area (Å²) in [5, 5.41) is 0. The minimum absolute atomic E-state index is 0.0724. The first-order valence-corrected chi connectivity index (χ1v) is 7.70. The van der Waals surface area contributed by atoms with E-state index in [4.69, 9.17) is 0 Å². The van der Waals surface area contributed by atoms with Crippen molar-refractivity contribution in [1.29, 1.82) is 0 Å². The number of nitrogens with one attached hydrogen (secondary N) is 1. The van der Waals surface area contributed by atoms with Gasteiger partial charge < -0.3 is 4.74 Å². The van der Waals surface area contributed by atoms with Gasteiger partial charge in [0, 0.05) is 18.7 Å². The number of benzene rings is 1. The number of rotatable bonds is 6. The molecule has 0 aliphatic heterocycles. The molecular formula is C13H9F5N2O3S. The van der Waals surface area contributed by atoms with E-state index in [9.17, 15) is 30.4 Å². The highest BCUT2D eigenvalue weighted by Gasteiger charge is 2.24. The van der Waals surface area contributed by atoms with E-state index in [1.165, 1.54) is 0 Å². The fraction of sp³-hybridized carbons (Fsp3) is 0.154. The maximum Gasteiger partial charge on any atom is 0.388 e. The molecule has 0 unspecified atom stereocenters. The molecule has 1 aromatic carbocycles. The fourth-order valence-electron chi connectivity index (χ4n) is 1.74. The standard InChI is InChI=1S/C13H9F5N2O3S/c14-8-1-7(2-9(15)3-8)5-20-24(21,22)11-4-10(16)6-19-12(11)23-13(17)18/h1-4,6,13,20H,5H2. The Morgan fingerprint density at radius 1 is 1.04 bits per heavy atom. The molecule has 1 aromatic heterocycles. The van der Waals surface area contributed by atoms with Crippen molar-refractivity contribution in [2.45, 2.75) is 18.1 Å². The van der Waals surface area contributed by atoms with Crippen molar-refractivity contribution in [3.63, 3.8) is 0 Å². The highest BCUT2D eigenvalue weighted by molar-refractivity contribution is 7.89. The van der Waals surface area contributed by atoms with Gasteiger partial charge in [-0.25, -0.2) is 31.3 Å². The van der Waals surface area contributed by atoms with Crippen LogP contribution in [0.3, 0.4) is 0 Å². The van der Waals surface area contributed by atoms with E-state index in [1.807, 2.05) is 4.72 Å². The highest BCUT2D eigenvalue weighted by atomic mass is 32.2. The Morgan fingerprint density at radius 2 is 1.67 bits per heavy atom. The normalized spacial score (nSPS) is 11.8. The maximum absolute atomic E-state index is 13.2. The van der Waals surface area contributed by atoms with E-state index in [-0.39, 0.29) is 5.56 Å². The molecule has 0 aliphatic carbocycles. The van der Waals surface area contributed by atoms with Gasteiger partial charge >= 0.3 is 6.61 Å². The molecule has 1 heterocycles. The topological polar surface area (TPSA) is 68.3 Å². The van der Waals surface area contributed by atoms with Crippen LogP contribution in [0.1, 0.15) is 5.56 Å². The van der Waals surface area contributed by atoms with Crippen LogP contribution < -0.4 is 9.46 Å². The van der Waals surface area contributed by atoms with Crippen LogP contribution in [0.4, 0.5) is 22.0 Å². The summed E-state index contributed by atoms with van der Waals surface area (Å²) in [5.74, 6) is -3.98. The summed E-state index contributed by atoms with van der Waals surface area (Å²) >= 11 is 0. The summed E-state index contributed by atoms with van der Waals surface area (Å²) in [6.07, 6.45) is 0.499. The number of ether oxygens (including phenoxy) is 1. The van der Waals surface area contributed by atoms with E-state index in [2.05, 4.69) is 9.72 Å². The summed E-state index contributed by atoms with van der Waals surface area (Å²) in [4.78, 5) is 2.18. The van der Waals surface area contributed by atoms with Crippen molar-refractivity contribution < 1.29 is 35.1 Å². The molecule has 0 bridgehead atoms. The third-order valence-electron chi connectivity index (χ3n) is 2.66. The van der Waals surface area contributed by atoms with Crippen LogP contribution in [-0.4, -0.2) is 20.0 Å². The molecule has 0 spiro atoms. The molecule has 0 amide bonds. The summed E-state index contributed by atoms with van der Waals surface area (Å²) in [6.45, 7) is -3.95. The molecule has 0 saturated heterocycles. The number of sulfonamides is 1. The van der Waals surface area contributed by atoms with Gasteiger partial charge in [0.25, 0.3) is 0 Å². The molecule has 0 saturated carbocycles. The lowest BCUT2D eigenvalue weighted by molar-refractivity contribution is -0.0550. The molecule has 0 fully saturated rings. The van der Waals surface area contributed by atoms with Crippen LogP contribution >= 0.6 is 0 Å². The molecule has 2 aromatic rings. The first-order valence-electron chi connectivity index (χ1n) is 6.22. The van der Waals surface area contributed by atoms with E-state index in [1.54, 1.807) is 0 Å². The number of hydrogen-bond donors (Lipinski definition) is 1. The molecule has 0 radical (unpaired) electrons. The number of nitrogens with zero attached hydrogens (tertiary/aromatic N) is 1. The SMILES string of the molecule is O=S(=O)(NCc1cc(F)cc(F)c1)c1cc(F)cnc1OC(F)F. The van der Waals surface area contributed by atoms with Crippen LogP contribution in [0.5, 0.6) is 5.88 Å². The summed E-state index contributed by atoms with van der Waals surface area (Å²) in [7, 11) is -4.54. The van der Waals surface area contributed by atoms with Crippen LogP contribution in [-0.2, 0) is 16.6 Å². The minimum atomic E-state index is -4.54. The van der Waals surface area contributed by atoms with Crippen molar-refractivity contribution in [3.05, 3.63) is 53.5 Å². The summed E-state index contributed by atoms with van der Waals surface area (Å²) < 4.78 is 93.9. The van der Waals surface area contributed by atoms with Gasteiger partial charge in [0.05, 0.1) is 6.20 Å². The van der Waals surface area contributed by atoms with Gasteiger partial charge in [0.1, 0.15) is 22.3 Å². The van der Waals surface area contributed by atoms with Gasteiger partial charge in [-0.05, 0) is 17.7 Å². The van der Waals surface area contributed by atoms with Crippen molar-refractivity contribution in [1.82, 2.24) is 9.71 Å². The summed E-state index contributed by atoms with van der Waals surface area (Å²) in [5.41, 5.74) is -0.0724. The smallest absolute Gasteiger partial charge is 0.388 e. The van der Waals surface area contributed by atoms with Crippen LogP contribution in [0.25, 0.3) is 0 Å². The second-order valence-corrected chi connectivity index (χ2v) is 6.17. The Labute approximate surface area is 133 Å². The third kappa shape index (κ3) is 4.61. The summed E-state index contributed by atoms with van der Waals surface area (Å²) in [6, 6.07) is 2.75. The largest absolute Gasteiger partial charge is 0.415 e. The van der Waals surface area contributed by atoms with Gasteiger partial charge in [0.2, 0.25) is 15.9 Å². The highest BCUT2D eigenvalue weighted by Crippen LogP contribution is 2.23. The van der Waals surface area contributed by atoms with Crippen LogP contribution in [0, 0.1) is 17.5 Å². The van der Waals surface area contributed by atoms with Gasteiger partial charge in [-0.3, -0.25) is 0 Å². The van der Waals surface area contributed by atoms with Crippen molar-refractivity contribution in [3.8, 4) is 5.88 Å². The Bertz CT molecular complexity index is 825. The zero-order valence-electron chi connectivity index (χ0n) is 11.6. The molecule has 11 heteroatoms.